The highest BCUT2D eigenvalue weighted by Gasteiger charge is 2.11. The van der Waals surface area contributed by atoms with Crippen molar-refractivity contribution < 1.29 is 4.74 Å². The molecule has 1 aromatic heterocycles. The predicted molar refractivity (Wildman–Crippen MR) is 64.0 cm³/mol. The summed E-state index contributed by atoms with van der Waals surface area (Å²) in [5, 5.41) is 11.1. The monoisotopic (exact) mass is 252 g/mol. The molecule has 1 unspecified atom stereocenters. The number of hydrogen-bond donors (Lipinski definition) is 0. The number of ether oxygens (including phenoxy) is 1. The van der Waals surface area contributed by atoms with Gasteiger partial charge < -0.3 is 4.74 Å². The van der Waals surface area contributed by atoms with Crippen molar-refractivity contribution in [3.63, 3.8) is 0 Å². The van der Waals surface area contributed by atoms with Crippen molar-refractivity contribution in [1.29, 1.82) is 0 Å². The zero-order valence-electron chi connectivity index (χ0n) is 9.45. The Morgan fingerprint density at radius 3 is 2.82 bits per heavy atom. The van der Waals surface area contributed by atoms with Crippen molar-refractivity contribution >= 4 is 11.6 Å². The van der Waals surface area contributed by atoms with Crippen LogP contribution in [0.4, 0.5) is 0 Å². The van der Waals surface area contributed by atoms with Gasteiger partial charge in [0.2, 0.25) is 0 Å². The third kappa shape index (κ3) is 3.17. The maximum atomic E-state index is 5.94. The number of halogens is 1. The van der Waals surface area contributed by atoms with E-state index in [0.717, 1.165) is 5.75 Å². The summed E-state index contributed by atoms with van der Waals surface area (Å²) >= 11 is 5.94. The molecular formula is C11H13ClN4O. The highest BCUT2D eigenvalue weighted by molar-refractivity contribution is 6.20. The van der Waals surface area contributed by atoms with Crippen molar-refractivity contribution in [3.05, 3.63) is 36.2 Å². The van der Waals surface area contributed by atoms with E-state index in [1.807, 2.05) is 37.3 Å². The largest absolute Gasteiger partial charge is 0.492 e. The third-order valence-electron chi connectivity index (χ3n) is 2.23. The molecule has 0 aliphatic carbocycles. The molecule has 0 amide bonds. The van der Waals surface area contributed by atoms with E-state index in [1.54, 1.807) is 4.68 Å². The molecule has 0 saturated carbocycles. The van der Waals surface area contributed by atoms with Gasteiger partial charge in [0.25, 0.3) is 0 Å². The zero-order chi connectivity index (χ0) is 12.1. The fourth-order valence-corrected chi connectivity index (χ4v) is 1.58. The number of aromatic nitrogens is 4. The van der Waals surface area contributed by atoms with E-state index >= 15 is 0 Å². The minimum Gasteiger partial charge on any atom is -0.492 e. The van der Waals surface area contributed by atoms with Gasteiger partial charge in [-0.3, -0.25) is 0 Å². The Morgan fingerprint density at radius 2 is 2.12 bits per heavy atom. The second-order valence-corrected chi connectivity index (χ2v) is 4.19. The lowest BCUT2D eigenvalue weighted by molar-refractivity contribution is 0.287. The number of para-hydroxylation sites is 1. The second-order valence-electron chi connectivity index (χ2n) is 3.54. The van der Waals surface area contributed by atoms with Crippen LogP contribution >= 0.6 is 11.6 Å². The summed E-state index contributed by atoms with van der Waals surface area (Å²) in [6, 6.07) is 9.62. The van der Waals surface area contributed by atoms with Gasteiger partial charge in [-0.05, 0) is 29.5 Å². The molecule has 1 atom stereocenters. The molecule has 0 N–H and O–H groups in total. The maximum absolute atomic E-state index is 5.94. The van der Waals surface area contributed by atoms with Gasteiger partial charge in [0.15, 0.2) is 5.82 Å². The van der Waals surface area contributed by atoms with Crippen LogP contribution in [0.1, 0.15) is 18.1 Å². The molecule has 2 rings (SSSR count). The molecule has 2 aromatic rings. The van der Waals surface area contributed by atoms with Gasteiger partial charge in [-0.25, -0.2) is 4.68 Å². The normalized spacial score (nSPS) is 12.4. The molecule has 0 saturated heterocycles. The molecule has 1 aromatic carbocycles. The van der Waals surface area contributed by atoms with Gasteiger partial charge in [0.05, 0.1) is 11.9 Å². The average Bonchev–Trinajstić information content (AvgIpc) is 2.79. The lowest BCUT2D eigenvalue weighted by Crippen LogP contribution is -2.13. The highest BCUT2D eigenvalue weighted by atomic mass is 35.5. The molecule has 90 valence electrons. The lowest BCUT2D eigenvalue weighted by atomic mass is 10.3. The summed E-state index contributed by atoms with van der Waals surface area (Å²) in [6.07, 6.45) is 0. The van der Waals surface area contributed by atoms with E-state index < -0.39 is 0 Å². The van der Waals surface area contributed by atoms with E-state index in [4.69, 9.17) is 16.3 Å². The van der Waals surface area contributed by atoms with Gasteiger partial charge in [-0.2, -0.15) is 0 Å². The van der Waals surface area contributed by atoms with Gasteiger partial charge in [0, 0.05) is 0 Å². The fraction of sp³-hybridized carbons (Fsp3) is 0.364. The molecule has 0 radical (unpaired) electrons. The number of hydrogen-bond acceptors (Lipinski definition) is 4. The van der Waals surface area contributed by atoms with Crippen LogP contribution in [0.3, 0.4) is 0 Å². The molecule has 6 heteroatoms. The summed E-state index contributed by atoms with van der Waals surface area (Å²) in [5.41, 5.74) is 0. The molecular weight excluding hydrogens is 240 g/mol. The Bertz CT molecular complexity index is 458. The van der Waals surface area contributed by atoms with Crippen molar-refractivity contribution in [1.82, 2.24) is 20.2 Å². The first-order valence-corrected chi connectivity index (χ1v) is 5.79. The van der Waals surface area contributed by atoms with Crippen LogP contribution in [-0.4, -0.2) is 26.8 Å². The topological polar surface area (TPSA) is 52.8 Å². The van der Waals surface area contributed by atoms with Crippen molar-refractivity contribution in [3.8, 4) is 5.75 Å². The number of tetrazole rings is 1. The van der Waals surface area contributed by atoms with Crippen LogP contribution in [0.5, 0.6) is 5.75 Å². The van der Waals surface area contributed by atoms with Crippen LogP contribution in [0.2, 0.25) is 0 Å². The molecule has 5 nitrogen and oxygen atoms in total. The van der Waals surface area contributed by atoms with E-state index in [0.29, 0.717) is 19.0 Å². The smallest absolute Gasteiger partial charge is 0.168 e. The fourth-order valence-electron chi connectivity index (χ4n) is 1.42. The molecule has 1 heterocycles. The summed E-state index contributed by atoms with van der Waals surface area (Å²) in [7, 11) is 0. The van der Waals surface area contributed by atoms with E-state index in [1.165, 1.54) is 0 Å². The SMILES string of the molecule is CC(Cl)c1nnnn1CCOc1ccccc1. The Balaban J connectivity index is 1.88. The number of nitrogens with zero attached hydrogens (tertiary/aromatic N) is 4. The van der Waals surface area contributed by atoms with E-state index in [9.17, 15) is 0 Å². The van der Waals surface area contributed by atoms with Crippen LogP contribution in [-0.2, 0) is 6.54 Å². The van der Waals surface area contributed by atoms with Crippen LogP contribution in [0, 0.1) is 0 Å². The molecule has 0 spiro atoms. The molecule has 0 aliphatic heterocycles. The average molecular weight is 253 g/mol. The quantitative estimate of drug-likeness (QED) is 0.765. The van der Waals surface area contributed by atoms with E-state index in [2.05, 4.69) is 15.5 Å². The molecule has 0 aliphatic rings. The van der Waals surface area contributed by atoms with Gasteiger partial charge in [-0.15, -0.1) is 16.7 Å². The summed E-state index contributed by atoms with van der Waals surface area (Å²) in [4.78, 5) is 0. The first-order valence-electron chi connectivity index (χ1n) is 5.35. The predicted octanol–water partition coefficient (Wildman–Crippen LogP) is 2.05. The minimum atomic E-state index is -0.207. The Morgan fingerprint density at radius 1 is 1.35 bits per heavy atom. The first-order chi connectivity index (χ1) is 8.27. The number of benzene rings is 1. The lowest BCUT2D eigenvalue weighted by Gasteiger charge is -2.07. The van der Waals surface area contributed by atoms with E-state index in [-0.39, 0.29) is 5.38 Å². The second kappa shape index (κ2) is 5.63. The number of alkyl halides is 1. The highest BCUT2D eigenvalue weighted by Crippen LogP contribution is 2.15. The summed E-state index contributed by atoms with van der Waals surface area (Å²) < 4.78 is 7.21. The maximum Gasteiger partial charge on any atom is 0.168 e. The van der Waals surface area contributed by atoms with Gasteiger partial charge in [0.1, 0.15) is 12.4 Å². The molecule has 0 bridgehead atoms. The number of rotatable bonds is 5. The summed E-state index contributed by atoms with van der Waals surface area (Å²) in [5.74, 6) is 1.49. The summed E-state index contributed by atoms with van der Waals surface area (Å²) in [6.45, 7) is 2.92. The van der Waals surface area contributed by atoms with Gasteiger partial charge in [-0.1, -0.05) is 18.2 Å². The third-order valence-corrected chi connectivity index (χ3v) is 2.43. The molecule has 0 fully saturated rings. The van der Waals surface area contributed by atoms with Crippen molar-refractivity contribution in [2.75, 3.05) is 6.61 Å². The minimum absolute atomic E-state index is 0.207. The Labute approximate surface area is 104 Å². The zero-order valence-corrected chi connectivity index (χ0v) is 10.2. The molecule has 17 heavy (non-hydrogen) atoms. The van der Waals surface area contributed by atoms with Crippen LogP contribution in [0.25, 0.3) is 0 Å². The Kier molecular flexibility index (Phi) is 3.93. The van der Waals surface area contributed by atoms with Crippen molar-refractivity contribution in [2.45, 2.75) is 18.8 Å². The van der Waals surface area contributed by atoms with Crippen molar-refractivity contribution in [2.24, 2.45) is 0 Å². The standard InChI is InChI=1S/C11H13ClN4O/c1-9(12)11-13-14-15-16(11)7-8-17-10-5-3-2-4-6-10/h2-6,9H,7-8H2,1H3. The van der Waals surface area contributed by atoms with Crippen LogP contribution < -0.4 is 4.74 Å². The Hall–Kier alpha value is -1.62. The van der Waals surface area contributed by atoms with Gasteiger partial charge >= 0.3 is 0 Å². The first kappa shape index (κ1) is 11.9. The van der Waals surface area contributed by atoms with Crippen LogP contribution in [0.15, 0.2) is 30.3 Å².